The molecule has 1 rings (SSSR count). The first kappa shape index (κ1) is 17.9. The van der Waals surface area contributed by atoms with Gasteiger partial charge in [0.2, 0.25) is 0 Å². The summed E-state index contributed by atoms with van der Waals surface area (Å²) in [5.74, 6) is 1.27. The van der Waals surface area contributed by atoms with Crippen LogP contribution in [-0.2, 0) is 4.74 Å². The molecule has 0 radical (unpaired) electrons. The third-order valence-electron chi connectivity index (χ3n) is 4.11. The SMILES string of the molecule is CCCNC(CO)(CN(CCOC)CC(C)C)C1CC1. The summed E-state index contributed by atoms with van der Waals surface area (Å²) < 4.78 is 5.23. The van der Waals surface area contributed by atoms with Crippen LogP contribution in [0.2, 0.25) is 0 Å². The van der Waals surface area contributed by atoms with Gasteiger partial charge in [-0.2, -0.15) is 0 Å². The second kappa shape index (κ2) is 8.98. The van der Waals surface area contributed by atoms with E-state index in [1.54, 1.807) is 7.11 Å². The van der Waals surface area contributed by atoms with Gasteiger partial charge in [0.1, 0.15) is 0 Å². The van der Waals surface area contributed by atoms with Gasteiger partial charge in [-0.3, -0.25) is 4.90 Å². The maximum absolute atomic E-state index is 10.0. The summed E-state index contributed by atoms with van der Waals surface area (Å²) in [7, 11) is 1.75. The lowest BCUT2D eigenvalue weighted by Crippen LogP contribution is -2.59. The number of nitrogens with one attached hydrogen (secondary N) is 1. The van der Waals surface area contributed by atoms with Crippen molar-refractivity contribution >= 4 is 0 Å². The third-order valence-corrected chi connectivity index (χ3v) is 4.11. The van der Waals surface area contributed by atoms with E-state index in [4.69, 9.17) is 4.74 Å². The van der Waals surface area contributed by atoms with E-state index in [0.717, 1.165) is 39.2 Å². The molecule has 120 valence electrons. The Bertz CT molecular complexity index is 257. The largest absolute Gasteiger partial charge is 0.394 e. The third kappa shape index (κ3) is 5.68. The summed E-state index contributed by atoms with van der Waals surface area (Å²) >= 11 is 0. The van der Waals surface area contributed by atoms with Crippen molar-refractivity contribution in [3.63, 3.8) is 0 Å². The highest BCUT2D eigenvalue weighted by molar-refractivity contribution is 5.02. The van der Waals surface area contributed by atoms with E-state index in [1.165, 1.54) is 12.8 Å². The first-order valence-corrected chi connectivity index (χ1v) is 8.15. The molecule has 20 heavy (non-hydrogen) atoms. The highest BCUT2D eigenvalue weighted by atomic mass is 16.5. The Hall–Kier alpha value is -0.160. The zero-order valence-electron chi connectivity index (χ0n) is 13.8. The van der Waals surface area contributed by atoms with Crippen molar-refractivity contribution in [3.8, 4) is 0 Å². The lowest BCUT2D eigenvalue weighted by Gasteiger charge is -2.39. The van der Waals surface area contributed by atoms with Crippen molar-refractivity contribution in [3.05, 3.63) is 0 Å². The molecule has 0 bridgehead atoms. The summed E-state index contributed by atoms with van der Waals surface area (Å²) in [5.41, 5.74) is -0.112. The maximum atomic E-state index is 10.0. The van der Waals surface area contributed by atoms with Gasteiger partial charge in [0.25, 0.3) is 0 Å². The van der Waals surface area contributed by atoms with Crippen LogP contribution in [0.5, 0.6) is 0 Å². The Morgan fingerprint density at radius 2 is 2.10 bits per heavy atom. The van der Waals surface area contributed by atoms with Gasteiger partial charge in [-0.15, -0.1) is 0 Å². The van der Waals surface area contributed by atoms with Gasteiger partial charge in [0.15, 0.2) is 0 Å². The number of hydrogen-bond acceptors (Lipinski definition) is 4. The molecular weight excluding hydrogens is 252 g/mol. The summed E-state index contributed by atoms with van der Waals surface area (Å²) in [6.45, 7) is 11.6. The second-order valence-corrected chi connectivity index (χ2v) is 6.64. The van der Waals surface area contributed by atoms with Crippen molar-refractivity contribution in [2.45, 2.75) is 45.6 Å². The molecule has 4 nitrogen and oxygen atoms in total. The molecule has 0 aliphatic heterocycles. The number of aliphatic hydroxyl groups is 1. The number of ether oxygens (including phenoxy) is 1. The molecule has 4 heteroatoms. The second-order valence-electron chi connectivity index (χ2n) is 6.64. The van der Waals surface area contributed by atoms with Crippen LogP contribution in [-0.4, -0.2) is 62.0 Å². The standard InChI is InChI=1S/C16H34N2O2/c1-5-8-17-16(13-19,15-6-7-15)12-18(9-10-20-4)11-14(2)3/h14-15,17,19H,5-13H2,1-4H3. The Morgan fingerprint density at radius 1 is 1.40 bits per heavy atom. The van der Waals surface area contributed by atoms with Crippen molar-refractivity contribution in [1.82, 2.24) is 10.2 Å². The van der Waals surface area contributed by atoms with Gasteiger partial charge >= 0.3 is 0 Å². The summed E-state index contributed by atoms with van der Waals surface area (Å²) in [5, 5.41) is 13.6. The molecule has 1 aliphatic carbocycles. The molecule has 0 aromatic heterocycles. The number of hydrogen-bond donors (Lipinski definition) is 2. The average molecular weight is 286 g/mol. The van der Waals surface area contributed by atoms with Gasteiger partial charge in [0.05, 0.1) is 18.8 Å². The van der Waals surface area contributed by atoms with Crippen molar-refractivity contribution in [2.75, 3.05) is 46.5 Å². The van der Waals surface area contributed by atoms with E-state index >= 15 is 0 Å². The topological polar surface area (TPSA) is 44.7 Å². The predicted octanol–water partition coefficient (Wildman–Crippen LogP) is 1.73. The number of rotatable bonds is 12. The normalized spacial score (nSPS) is 18.8. The summed E-state index contributed by atoms with van der Waals surface area (Å²) in [6.07, 6.45) is 3.60. The Kier molecular flexibility index (Phi) is 8.03. The van der Waals surface area contributed by atoms with Gasteiger partial charge in [0, 0.05) is 26.7 Å². The van der Waals surface area contributed by atoms with Gasteiger partial charge in [-0.05, 0) is 37.6 Å². The lowest BCUT2D eigenvalue weighted by molar-refractivity contribution is 0.0684. The monoisotopic (exact) mass is 286 g/mol. The van der Waals surface area contributed by atoms with Crippen molar-refractivity contribution in [1.29, 1.82) is 0 Å². The molecule has 0 aromatic rings. The fraction of sp³-hybridized carbons (Fsp3) is 1.00. The van der Waals surface area contributed by atoms with Crippen LogP contribution in [0.15, 0.2) is 0 Å². The minimum absolute atomic E-state index is 0.112. The molecule has 0 amide bonds. The highest BCUT2D eigenvalue weighted by Gasteiger charge is 2.45. The molecule has 1 aliphatic rings. The Morgan fingerprint density at radius 3 is 2.55 bits per heavy atom. The molecule has 1 fully saturated rings. The van der Waals surface area contributed by atoms with Crippen LogP contribution in [0.3, 0.4) is 0 Å². The van der Waals surface area contributed by atoms with E-state index < -0.39 is 0 Å². The smallest absolute Gasteiger partial charge is 0.0628 e. The van der Waals surface area contributed by atoms with E-state index in [2.05, 4.69) is 31.0 Å². The molecule has 0 aromatic carbocycles. The molecule has 0 saturated heterocycles. The van der Waals surface area contributed by atoms with Crippen LogP contribution in [0, 0.1) is 11.8 Å². The zero-order valence-corrected chi connectivity index (χ0v) is 13.8. The quantitative estimate of drug-likeness (QED) is 0.573. The number of aliphatic hydroxyl groups excluding tert-OH is 1. The van der Waals surface area contributed by atoms with Gasteiger partial charge in [-0.25, -0.2) is 0 Å². The fourth-order valence-electron chi connectivity index (χ4n) is 2.94. The Balaban J connectivity index is 2.66. The molecule has 0 heterocycles. The molecule has 0 spiro atoms. The number of methoxy groups -OCH3 is 1. The van der Waals surface area contributed by atoms with Crippen LogP contribution in [0.25, 0.3) is 0 Å². The minimum atomic E-state index is -0.112. The molecule has 2 N–H and O–H groups in total. The summed E-state index contributed by atoms with van der Waals surface area (Å²) in [4.78, 5) is 2.45. The van der Waals surface area contributed by atoms with Crippen LogP contribution in [0.4, 0.5) is 0 Å². The molecule has 1 atom stereocenters. The van der Waals surface area contributed by atoms with Gasteiger partial charge < -0.3 is 15.2 Å². The lowest BCUT2D eigenvalue weighted by atomic mass is 9.92. The summed E-state index contributed by atoms with van der Waals surface area (Å²) in [6, 6.07) is 0. The zero-order chi connectivity index (χ0) is 15.0. The van der Waals surface area contributed by atoms with Crippen LogP contribution in [0.1, 0.15) is 40.0 Å². The van der Waals surface area contributed by atoms with E-state index in [0.29, 0.717) is 11.8 Å². The molecular formula is C16H34N2O2. The Labute approximate surface area is 124 Å². The van der Waals surface area contributed by atoms with Crippen molar-refractivity contribution < 1.29 is 9.84 Å². The molecule has 1 saturated carbocycles. The first-order valence-electron chi connectivity index (χ1n) is 8.15. The maximum Gasteiger partial charge on any atom is 0.0628 e. The van der Waals surface area contributed by atoms with E-state index in [1.807, 2.05) is 0 Å². The predicted molar refractivity (Wildman–Crippen MR) is 84.0 cm³/mol. The van der Waals surface area contributed by atoms with E-state index in [-0.39, 0.29) is 12.1 Å². The van der Waals surface area contributed by atoms with Crippen LogP contribution >= 0.6 is 0 Å². The number of nitrogens with zero attached hydrogens (tertiary/aromatic N) is 1. The fourth-order valence-corrected chi connectivity index (χ4v) is 2.94. The van der Waals surface area contributed by atoms with E-state index in [9.17, 15) is 5.11 Å². The van der Waals surface area contributed by atoms with Gasteiger partial charge in [-0.1, -0.05) is 20.8 Å². The average Bonchev–Trinajstić information content (AvgIpc) is 3.25. The molecule has 1 unspecified atom stereocenters. The minimum Gasteiger partial charge on any atom is -0.394 e. The van der Waals surface area contributed by atoms with Crippen molar-refractivity contribution in [2.24, 2.45) is 11.8 Å². The van der Waals surface area contributed by atoms with Crippen LogP contribution < -0.4 is 5.32 Å². The first-order chi connectivity index (χ1) is 9.57. The highest BCUT2D eigenvalue weighted by Crippen LogP contribution is 2.40.